The minimum Gasteiger partial charge on any atom is -0.386 e. The molecular formula is C19H22FN3O4. The Balaban J connectivity index is 1.29. The number of amides is 2. The number of hydrogen-bond donors (Lipinski definition) is 1. The summed E-state index contributed by atoms with van der Waals surface area (Å²) in [6, 6.07) is 5.95. The van der Waals surface area contributed by atoms with Crippen LogP contribution >= 0.6 is 0 Å². The number of carbonyl (C=O) groups excluding carboxylic acids is 2. The highest BCUT2D eigenvalue weighted by molar-refractivity contribution is 6.39. The minimum absolute atomic E-state index is 0.00202. The van der Waals surface area contributed by atoms with E-state index in [9.17, 15) is 14.0 Å². The van der Waals surface area contributed by atoms with Crippen molar-refractivity contribution in [1.29, 1.82) is 0 Å². The molecule has 2 amide bonds. The van der Waals surface area contributed by atoms with Gasteiger partial charge in [-0.05, 0) is 30.5 Å². The molecule has 4 rings (SSSR count). The number of halogens is 1. The molecular weight excluding hydrogens is 353 g/mol. The topological polar surface area (TPSA) is 80.2 Å². The molecule has 3 aliphatic heterocycles. The Kier molecular flexibility index (Phi) is 4.82. The van der Waals surface area contributed by atoms with Crippen LogP contribution in [0.25, 0.3) is 0 Å². The van der Waals surface area contributed by atoms with E-state index in [0.29, 0.717) is 38.2 Å². The molecule has 8 heteroatoms. The first-order valence-corrected chi connectivity index (χ1v) is 9.23. The zero-order valence-corrected chi connectivity index (χ0v) is 14.9. The van der Waals surface area contributed by atoms with Crippen molar-refractivity contribution < 1.29 is 23.6 Å². The molecule has 1 N–H and O–H groups in total. The number of oxime groups is 1. The van der Waals surface area contributed by atoms with Gasteiger partial charge >= 0.3 is 0 Å². The fourth-order valence-corrected chi connectivity index (χ4v) is 3.76. The number of carbonyl (C=O) groups is 2. The molecule has 3 aliphatic rings. The van der Waals surface area contributed by atoms with Gasteiger partial charge in [0.15, 0.2) is 5.60 Å². The van der Waals surface area contributed by atoms with Crippen LogP contribution in [0.3, 0.4) is 0 Å². The molecule has 2 fully saturated rings. The highest BCUT2D eigenvalue weighted by Crippen LogP contribution is 2.34. The first kappa shape index (κ1) is 17.9. The van der Waals surface area contributed by atoms with E-state index in [4.69, 9.17) is 9.57 Å². The summed E-state index contributed by atoms with van der Waals surface area (Å²) in [5, 5.41) is 6.74. The zero-order chi connectivity index (χ0) is 18.9. The Morgan fingerprint density at radius 3 is 2.89 bits per heavy atom. The van der Waals surface area contributed by atoms with E-state index in [2.05, 4.69) is 10.5 Å². The van der Waals surface area contributed by atoms with E-state index in [0.717, 1.165) is 18.4 Å². The smallest absolute Gasteiger partial charge is 0.269 e. The van der Waals surface area contributed by atoms with Crippen LogP contribution in [0, 0.1) is 5.82 Å². The van der Waals surface area contributed by atoms with Gasteiger partial charge < -0.3 is 19.8 Å². The number of nitrogens with zero attached hydrogens (tertiary/aromatic N) is 2. The van der Waals surface area contributed by atoms with Gasteiger partial charge in [0.2, 0.25) is 0 Å². The van der Waals surface area contributed by atoms with Gasteiger partial charge in [0.25, 0.3) is 11.8 Å². The van der Waals surface area contributed by atoms with Crippen LogP contribution in [0.2, 0.25) is 0 Å². The van der Waals surface area contributed by atoms with Crippen molar-refractivity contribution >= 4 is 17.5 Å². The average Bonchev–Trinajstić information content (AvgIpc) is 3.43. The van der Waals surface area contributed by atoms with Crippen molar-refractivity contribution in [2.24, 2.45) is 5.16 Å². The van der Waals surface area contributed by atoms with Crippen molar-refractivity contribution in [3.8, 4) is 0 Å². The zero-order valence-electron chi connectivity index (χ0n) is 14.9. The van der Waals surface area contributed by atoms with Gasteiger partial charge in [-0.15, -0.1) is 0 Å². The maximum absolute atomic E-state index is 12.9. The number of ether oxygens (including phenoxy) is 1. The first-order valence-electron chi connectivity index (χ1n) is 9.23. The number of rotatable bonds is 4. The third-order valence-electron chi connectivity index (χ3n) is 5.30. The molecule has 1 spiro atoms. The summed E-state index contributed by atoms with van der Waals surface area (Å²) in [6.07, 6.45) is 2.34. The molecule has 144 valence electrons. The fraction of sp³-hybridized carbons (Fsp3) is 0.526. The lowest BCUT2D eigenvalue weighted by atomic mass is 9.96. The molecule has 1 aromatic rings. The maximum atomic E-state index is 12.9. The Hall–Kier alpha value is -2.48. The summed E-state index contributed by atoms with van der Waals surface area (Å²) >= 11 is 0. The van der Waals surface area contributed by atoms with Crippen molar-refractivity contribution in [3.05, 3.63) is 35.6 Å². The Labute approximate surface area is 156 Å². The van der Waals surface area contributed by atoms with Crippen LogP contribution in [0.1, 0.15) is 31.2 Å². The van der Waals surface area contributed by atoms with Crippen molar-refractivity contribution in [2.45, 2.75) is 43.9 Å². The quantitative estimate of drug-likeness (QED) is 0.862. The number of hydrogen-bond acceptors (Lipinski definition) is 5. The van der Waals surface area contributed by atoms with Gasteiger partial charge in [-0.3, -0.25) is 9.59 Å². The number of benzene rings is 1. The lowest BCUT2D eigenvalue weighted by Gasteiger charge is -2.23. The molecule has 0 aliphatic carbocycles. The number of nitrogens with one attached hydrogen (secondary N) is 1. The van der Waals surface area contributed by atoms with Crippen LogP contribution in [-0.4, -0.2) is 53.8 Å². The summed E-state index contributed by atoms with van der Waals surface area (Å²) in [4.78, 5) is 32.2. The van der Waals surface area contributed by atoms with Gasteiger partial charge in [0, 0.05) is 32.5 Å². The van der Waals surface area contributed by atoms with Gasteiger partial charge in [0.1, 0.15) is 17.6 Å². The predicted octanol–water partition coefficient (Wildman–Crippen LogP) is 1.37. The molecule has 0 unspecified atom stereocenters. The Morgan fingerprint density at radius 2 is 2.15 bits per heavy atom. The lowest BCUT2D eigenvalue weighted by Crippen LogP contribution is -2.41. The maximum Gasteiger partial charge on any atom is 0.269 e. The summed E-state index contributed by atoms with van der Waals surface area (Å²) in [5.74, 6) is -0.619. The van der Waals surface area contributed by atoms with Crippen LogP contribution in [0.5, 0.6) is 0 Å². The van der Waals surface area contributed by atoms with Gasteiger partial charge in [-0.25, -0.2) is 4.39 Å². The lowest BCUT2D eigenvalue weighted by molar-refractivity contribution is -0.141. The highest BCUT2D eigenvalue weighted by atomic mass is 19.1. The molecule has 2 saturated heterocycles. The summed E-state index contributed by atoms with van der Waals surface area (Å²) in [7, 11) is 0. The fourth-order valence-electron chi connectivity index (χ4n) is 3.76. The van der Waals surface area contributed by atoms with Crippen molar-refractivity contribution in [1.82, 2.24) is 10.2 Å². The van der Waals surface area contributed by atoms with Gasteiger partial charge in [-0.1, -0.05) is 17.3 Å². The van der Waals surface area contributed by atoms with E-state index in [-0.39, 0.29) is 30.3 Å². The minimum atomic E-state index is -0.614. The molecule has 2 atom stereocenters. The molecule has 0 bridgehead atoms. The second-order valence-electron chi connectivity index (χ2n) is 7.31. The van der Waals surface area contributed by atoms with E-state index >= 15 is 0 Å². The second kappa shape index (κ2) is 7.26. The largest absolute Gasteiger partial charge is 0.386 e. The molecule has 1 aromatic carbocycles. The number of likely N-dealkylation sites (tertiary alicyclic amines) is 1. The molecule has 7 nitrogen and oxygen atoms in total. The SMILES string of the molecule is O=C(NCc1ccc(F)cc1)C1=NO[C@]2(CCN(C(=O)[C@H]3CCCO3)C2)C1. The molecule has 0 saturated carbocycles. The van der Waals surface area contributed by atoms with Crippen molar-refractivity contribution in [3.63, 3.8) is 0 Å². The van der Waals surface area contributed by atoms with Gasteiger partial charge in [-0.2, -0.15) is 0 Å². The third kappa shape index (κ3) is 3.80. The van der Waals surface area contributed by atoms with Crippen LogP contribution in [0.15, 0.2) is 29.4 Å². The standard InChI is InChI=1S/C19H22FN3O4/c20-14-5-3-13(4-6-14)11-21-17(24)15-10-19(27-22-15)7-8-23(12-19)18(25)16-2-1-9-26-16/h3-6,16H,1-2,7-12H2,(H,21,24)/t16-,19-/m1/s1. The average molecular weight is 375 g/mol. The summed E-state index contributed by atoms with van der Waals surface area (Å²) < 4.78 is 18.4. The molecule has 0 radical (unpaired) electrons. The van der Waals surface area contributed by atoms with E-state index in [1.54, 1.807) is 17.0 Å². The van der Waals surface area contributed by atoms with Crippen LogP contribution in [-0.2, 0) is 25.7 Å². The van der Waals surface area contributed by atoms with E-state index in [1.165, 1.54) is 12.1 Å². The monoisotopic (exact) mass is 375 g/mol. The predicted molar refractivity (Wildman–Crippen MR) is 94.3 cm³/mol. The Morgan fingerprint density at radius 1 is 1.33 bits per heavy atom. The molecule has 3 heterocycles. The third-order valence-corrected chi connectivity index (χ3v) is 5.30. The highest BCUT2D eigenvalue weighted by Gasteiger charge is 2.48. The first-order chi connectivity index (χ1) is 13.0. The van der Waals surface area contributed by atoms with E-state index in [1.807, 2.05) is 0 Å². The summed E-state index contributed by atoms with van der Waals surface area (Å²) in [6.45, 7) is 1.92. The molecule has 27 heavy (non-hydrogen) atoms. The normalized spacial score (nSPS) is 26.9. The van der Waals surface area contributed by atoms with E-state index < -0.39 is 5.60 Å². The van der Waals surface area contributed by atoms with Crippen LogP contribution < -0.4 is 5.32 Å². The molecule has 0 aromatic heterocycles. The van der Waals surface area contributed by atoms with Gasteiger partial charge in [0.05, 0.1) is 6.54 Å². The Bertz CT molecular complexity index is 761. The van der Waals surface area contributed by atoms with Crippen LogP contribution in [0.4, 0.5) is 4.39 Å². The summed E-state index contributed by atoms with van der Waals surface area (Å²) in [5.41, 5.74) is 0.508. The van der Waals surface area contributed by atoms with Crippen molar-refractivity contribution in [2.75, 3.05) is 19.7 Å². The second-order valence-corrected chi connectivity index (χ2v) is 7.31.